The molecule has 21 rings (SSSR count). The Kier molecular flexibility index (Phi) is 35.0. The predicted molar refractivity (Wildman–Crippen MR) is 542 cm³/mol. The lowest BCUT2D eigenvalue weighted by atomic mass is 9.95. The van der Waals surface area contributed by atoms with Crippen LogP contribution in [0.15, 0.2) is 255 Å². The van der Waals surface area contributed by atoms with Crippen LogP contribution in [0.5, 0.6) is 0 Å². The Morgan fingerprint density at radius 1 is 0.438 bits per heavy atom. The lowest BCUT2D eigenvalue weighted by Crippen LogP contribution is -2.86. The van der Waals surface area contributed by atoms with Gasteiger partial charge in [-0.1, -0.05) is 183 Å². The number of pyridine rings is 5. The molecule has 5 aliphatic rings. The van der Waals surface area contributed by atoms with E-state index < -0.39 is 36.2 Å². The van der Waals surface area contributed by atoms with Crippen LogP contribution in [0.3, 0.4) is 0 Å². The molecule has 0 saturated carbocycles. The molecule has 16 aromatic rings. The van der Waals surface area contributed by atoms with Gasteiger partial charge >= 0.3 is 6.18 Å². The fraction of sp³-hybridized carbons (Fsp3) is 0.274. The minimum absolute atomic E-state index is 0.165. The number of aromatic amines is 2. The molecule has 6 aromatic carbocycles. The summed E-state index contributed by atoms with van der Waals surface area (Å²) < 4.78 is 43.6. The molecule has 10 aromatic heterocycles. The number of benzene rings is 6. The molecule has 0 aliphatic carbocycles. The number of hydrogen-bond acceptors (Lipinski definition) is 30. The largest absolute Gasteiger partial charge is 0.542 e. The highest BCUT2D eigenvalue weighted by atomic mass is 32.2. The number of aldehydes is 2. The quantitative estimate of drug-likeness (QED) is 0.0260. The predicted octanol–water partition coefficient (Wildman–Crippen LogP) is 9.69. The van der Waals surface area contributed by atoms with E-state index in [1.165, 1.54) is 31.5 Å². The van der Waals surface area contributed by atoms with Crippen LogP contribution in [-0.2, 0) is 36.5 Å². The molecule has 1 unspecified atom stereocenters. The molecule has 5 aliphatic heterocycles. The number of fused-ring (bicyclic) bond motifs is 3. The Morgan fingerprint density at radius 2 is 0.808 bits per heavy atom. The molecule has 0 radical (unpaired) electrons. The van der Waals surface area contributed by atoms with Gasteiger partial charge in [-0.3, -0.25) is 53.2 Å². The van der Waals surface area contributed by atoms with Gasteiger partial charge in [0.2, 0.25) is 34.8 Å². The lowest BCUT2D eigenvalue weighted by Gasteiger charge is -2.34. The highest BCUT2D eigenvalue weighted by Gasteiger charge is 2.31. The number of halogens is 3. The van der Waals surface area contributed by atoms with Crippen molar-refractivity contribution in [3.8, 4) is 90.2 Å². The number of nitrogens with zero attached hydrogens (tertiary/aromatic N) is 21. The molecular weight excluding hydrogens is 1890 g/mol. The van der Waals surface area contributed by atoms with Gasteiger partial charge in [0.05, 0.1) is 41.0 Å². The molecule has 748 valence electrons. The third-order valence-electron chi connectivity index (χ3n) is 25.2. The number of rotatable bonds is 21. The summed E-state index contributed by atoms with van der Waals surface area (Å²) >= 11 is 0. The number of carbonyl (C=O) groups is 6. The molecule has 0 bridgehead atoms. The summed E-state index contributed by atoms with van der Waals surface area (Å²) in [6.07, 6.45) is 9.66. The van der Waals surface area contributed by atoms with Crippen molar-refractivity contribution in [3.63, 3.8) is 0 Å². The number of carboxylic acid groups (broad SMARTS) is 1. The number of anilines is 2. The second-order valence-corrected chi connectivity index (χ2v) is 36.3. The van der Waals surface area contributed by atoms with Gasteiger partial charge in [0, 0.05) is 207 Å². The zero-order valence-corrected chi connectivity index (χ0v) is 80.6. The second kappa shape index (κ2) is 49.7. The van der Waals surface area contributed by atoms with Gasteiger partial charge in [-0.25, -0.2) is 44.9 Å². The molecule has 1 atom stereocenters. The van der Waals surface area contributed by atoms with Crippen LogP contribution >= 0.6 is 0 Å². The Bertz CT molecular complexity index is 7130. The minimum atomic E-state index is -5.19. The molecule has 40 heteroatoms. The summed E-state index contributed by atoms with van der Waals surface area (Å²) in [6, 6.07) is 71.4. The van der Waals surface area contributed by atoms with E-state index in [1.807, 2.05) is 170 Å². The summed E-state index contributed by atoms with van der Waals surface area (Å²) in [7, 11) is -1.24. The summed E-state index contributed by atoms with van der Waals surface area (Å²) in [6.45, 7) is 13.3. The number of aliphatic hydroxyl groups is 3. The first kappa shape index (κ1) is 103. The van der Waals surface area contributed by atoms with Crippen molar-refractivity contribution in [3.05, 3.63) is 278 Å². The number of alkyl halides is 3. The van der Waals surface area contributed by atoms with Crippen molar-refractivity contribution in [2.75, 3.05) is 140 Å². The van der Waals surface area contributed by atoms with Gasteiger partial charge < -0.3 is 60.4 Å². The maximum absolute atomic E-state index is 12.1. The van der Waals surface area contributed by atoms with E-state index >= 15 is 0 Å². The van der Waals surface area contributed by atoms with Gasteiger partial charge in [-0.05, 0) is 90.6 Å². The lowest BCUT2D eigenvalue weighted by molar-refractivity contribution is -0.663. The molecular formula is C106H106F3N25O11S. The summed E-state index contributed by atoms with van der Waals surface area (Å²) in [4.78, 5) is 137. The first-order chi connectivity index (χ1) is 71.2. The van der Waals surface area contributed by atoms with Crippen LogP contribution in [0.4, 0.5) is 25.1 Å². The van der Waals surface area contributed by atoms with Gasteiger partial charge in [0.1, 0.15) is 61.4 Å². The number of aromatic nitrogens is 17. The van der Waals surface area contributed by atoms with Gasteiger partial charge in [-0.15, -0.1) is 0 Å². The van der Waals surface area contributed by atoms with Gasteiger partial charge in [0.15, 0.2) is 28.6 Å². The highest BCUT2D eigenvalue weighted by Crippen LogP contribution is 2.39. The normalized spacial score (nSPS) is 14.8. The molecule has 0 spiro atoms. The number of aliphatic carboxylic acids is 1. The Labute approximate surface area is 839 Å². The van der Waals surface area contributed by atoms with Gasteiger partial charge in [-0.2, -0.15) is 33.3 Å². The van der Waals surface area contributed by atoms with E-state index in [4.69, 9.17) is 50.0 Å². The average Bonchev–Trinajstić information content (AvgIpc) is 1.63. The summed E-state index contributed by atoms with van der Waals surface area (Å²) in [5, 5.41) is 58.7. The zero-order chi connectivity index (χ0) is 102. The number of hydrogen-bond donors (Lipinski definition) is 7. The fourth-order valence-electron chi connectivity index (χ4n) is 17.3. The number of amides is 3. The van der Waals surface area contributed by atoms with E-state index in [-0.39, 0.29) is 29.5 Å². The minimum Gasteiger partial charge on any atom is -0.542 e. The molecule has 3 amide bonds. The van der Waals surface area contributed by atoms with E-state index in [1.54, 1.807) is 63.8 Å². The fourth-order valence-corrected chi connectivity index (χ4v) is 17.9. The molecule has 5 saturated heterocycles. The first-order valence-electron chi connectivity index (χ1n) is 47.8. The Hall–Kier alpha value is -16.1. The Morgan fingerprint density at radius 3 is 1.18 bits per heavy atom. The molecule has 15 heterocycles. The topological polar surface area (TPSA) is 476 Å². The molecule has 36 nitrogen and oxygen atoms in total. The van der Waals surface area contributed by atoms with Crippen molar-refractivity contribution in [1.82, 2.24) is 110 Å². The van der Waals surface area contributed by atoms with Crippen molar-refractivity contribution < 1.29 is 71.9 Å². The van der Waals surface area contributed by atoms with Crippen molar-refractivity contribution in [2.45, 2.75) is 62.3 Å². The number of H-pyrrole nitrogens is 2. The maximum atomic E-state index is 12.1. The van der Waals surface area contributed by atoms with E-state index in [0.29, 0.717) is 122 Å². The summed E-state index contributed by atoms with van der Waals surface area (Å²) in [5.74, 6) is 2.12. The third kappa shape index (κ3) is 26.5. The van der Waals surface area contributed by atoms with E-state index in [2.05, 4.69) is 118 Å². The van der Waals surface area contributed by atoms with Crippen LogP contribution < -0.4 is 25.5 Å². The number of aliphatic hydroxyl groups excluding tert-OH is 3. The molecule has 5 fully saturated rings. The first-order valence-corrected chi connectivity index (χ1v) is 49.2. The smallest absolute Gasteiger partial charge is 0.430 e. The van der Waals surface area contributed by atoms with Crippen molar-refractivity contribution >= 4 is 92.1 Å². The van der Waals surface area contributed by atoms with Crippen LogP contribution in [0, 0.1) is 0 Å². The van der Waals surface area contributed by atoms with Crippen LogP contribution in [0.25, 0.3) is 123 Å². The number of piperidine rings is 2. The van der Waals surface area contributed by atoms with Crippen LogP contribution in [-0.4, -0.2) is 297 Å². The second-order valence-electron chi connectivity index (χ2n) is 34.6. The number of nitrogens with one attached hydrogen (secondary N) is 3. The molecule has 8 N–H and O–H groups in total. The number of carboxylic acids is 1. The number of nitrogens with two attached hydrogens (primary N) is 1. The van der Waals surface area contributed by atoms with Crippen molar-refractivity contribution in [2.24, 2.45) is 0 Å². The van der Waals surface area contributed by atoms with Crippen LogP contribution in [0.2, 0.25) is 0 Å². The van der Waals surface area contributed by atoms with Crippen LogP contribution in [0.1, 0.15) is 82.4 Å². The maximum Gasteiger partial charge on any atom is 0.430 e. The monoisotopic (exact) mass is 1990 g/mol. The summed E-state index contributed by atoms with van der Waals surface area (Å²) in [5.41, 5.74) is 17.0. The number of quaternary nitrogens is 1. The number of piperazine rings is 3. The zero-order valence-electron chi connectivity index (χ0n) is 79.8. The third-order valence-corrected chi connectivity index (χ3v) is 26.3. The van der Waals surface area contributed by atoms with E-state index in [9.17, 15) is 46.5 Å². The van der Waals surface area contributed by atoms with Gasteiger partial charge in [0.25, 0.3) is 0 Å². The highest BCUT2D eigenvalue weighted by molar-refractivity contribution is 7.84. The van der Waals surface area contributed by atoms with Crippen molar-refractivity contribution in [1.29, 1.82) is 0 Å². The number of carbonyl (C=O) groups excluding carboxylic acids is 6. The standard InChI is InChI=1S/C38H38N10O2.C26H23N5O3.C22H17N3O2S.C12H15N5.C6H12N2O2.C2HF3O2/c49-25-33(50)47-18-20-48(21-19-47)38-40-23-30-22-31(27-6-2-1-3-7-27)34(41-35(30)43-38)28-11-9-26(10-12-28)24-46-16-13-29(14-17-46)36-42-37(45-44-36)32-8-4-5-15-39-32;32-16-18-6-8-20(9-7-18)24-22(19-4-2-1-3-5-19)14-21-15-27-26(29-25(21)28-24)31-12-10-30(11-13-31)23(34)17-33;1-2-28(27)22-23-13-18-12-19(16-6-4-3-5-7-16)20(24-21(18)25-22)17-10-8-15(14-26)9-11-17;1-2-6-14-10(3-1)12-15-11(16-17-12)9-4-7-13-8-5-9;9-5-6(10)8-3-1-7-2-4-8;3-2(4,5)1(6)7/h1-12,15,22-23,29,49H,13-14,16-21,24-25H2,(H,42,44,45);1-9,14-16,33H,10-13,17H2;3-14H,2H2,1H3;1-3,6,9,13H,4-5,7-8H2,(H,15,16,17);7,9H,1-5H2;(H,6,7). The number of likely N-dealkylation sites (tertiary alicyclic amines) is 1. The Balaban J connectivity index is 0.000000138. The average molecular weight is 2000 g/mol. The SMILES string of the molecule is CCS(=O)c1ncc2cc(-c3ccccc3)c(-c3ccc(C=O)cc3)nc2n1.O=C(CO)N1CCN(c2ncc3cc(-c4ccccc4)c(-c4ccc(CN5CCC(c6nc(-c7ccccn7)n[nH]6)CC5)cc4)nc3n2)CC1.O=C(CO)N1CCNCC1.O=C([O-])C(F)(F)F.O=Cc1ccc(-c2nc3nc(N4CCN(C(=O)CO)CC4)ncc3cc2-c2ccccc2)cc1.c1ccc(-c2n[nH]c(C3CC[NH2+]CC3)n2)nc1. The molecule has 146 heavy (non-hydrogen) atoms. The van der Waals surface area contributed by atoms with E-state index in [0.717, 1.165) is 178 Å².